The van der Waals surface area contributed by atoms with Crippen molar-refractivity contribution in [3.63, 3.8) is 0 Å². The van der Waals surface area contributed by atoms with Crippen LogP contribution in [0.15, 0.2) is 48.8 Å². The molecule has 2 atom stereocenters. The molecule has 4 heteroatoms. The summed E-state index contributed by atoms with van der Waals surface area (Å²) >= 11 is 6.14. The number of carbonyl (C=O) groups excluding carboxylic acids is 1. The first-order valence-corrected chi connectivity index (χ1v) is 10.9. The predicted molar refractivity (Wildman–Crippen MR) is 111 cm³/mol. The Hall–Kier alpha value is -1.87. The van der Waals surface area contributed by atoms with Gasteiger partial charge >= 0.3 is 0 Å². The van der Waals surface area contributed by atoms with E-state index in [9.17, 15) is 4.79 Å². The van der Waals surface area contributed by atoms with Crippen molar-refractivity contribution < 1.29 is 4.79 Å². The van der Waals surface area contributed by atoms with Crippen molar-refractivity contribution in [3.05, 3.63) is 64.9 Å². The van der Waals surface area contributed by atoms with E-state index in [0.29, 0.717) is 18.4 Å². The Morgan fingerprint density at radius 3 is 2.39 bits per heavy atom. The second-order valence-corrected chi connectivity index (χ2v) is 9.83. The van der Waals surface area contributed by atoms with E-state index in [1.165, 1.54) is 30.4 Å². The molecular formula is C24H27ClN2O. The maximum atomic E-state index is 13.4. The van der Waals surface area contributed by atoms with Crippen LogP contribution in [-0.2, 0) is 16.6 Å². The Labute approximate surface area is 171 Å². The average molecular weight is 395 g/mol. The van der Waals surface area contributed by atoms with Gasteiger partial charge in [0.15, 0.2) is 0 Å². The van der Waals surface area contributed by atoms with Crippen LogP contribution in [0, 0.1) is 17.3 Å². The Kier molecular flexibility index (Phi) is 4.46. The van der Waals surface area contributed by atoms with Gasteiger partial charge in [-0.1, -0.05) is 23.7 Å². The average Bonchev–Trinajstić information content (AvgIpc) is 2.68. The summed E-state index contributed by atoms with van der Waals surface area (Å²) in [5, 5.41) is 4.07. The van der Waals surface area contributed by atoms with Gasteiger partial charge in [-0.2, -0.15) is 0 Å². The molecule has 3 nitrogen and oxygen atoms in total. The molecule has 28 heavy (non-hydrogen) atoms. The lowest BCUT2D eigenvalue weighted by Crippen LogP contribution is -2.59. The molecule has 4 aliphatic rings. The topological polar surface area (TPSA) is 42.0 Å². The first kappa shape index (κ1) is 18.2. The monoisotopic (exact) mass is 394 g/mol. The second kappa shape index (κ2) is 6.88. The van der Waals surface area contributed by atoms with Crippen molar-refractivity contribution in [2.24, 2.45) is 17.3 Å². The molecule has 2 unspecified atom stereocenters. The summed E-state index contributed by atoms with van der Waals surface area (Å²) in [5.41, 5.74) is 2.59. The number of nitrogens with zero attached hydrogens (tertiary/aromatic N) is 1. The zero-order valence-electron chi connectivity index (χ0n) is 16.2. The van der Waals surface area contributed by atoms with Crippen LogP contribution >= 0.6 is 11.6 Å². The number of rotatable bonds is 5. The first-order valence-electron chi connectivity index (χ1n) is 10.5. The molecule has 1 N–H and O–H groups in total. The van der Waals surface area contributed by atoms with E-state index in [1.54, 1.807) is 0 Å². The van der Waals surface area contributed by atoms with Crippen LogP contribution in [0.1, 0.15) is 49.7 Å². The van der Waals surface area contributed by atoms with Crippen LogP contribution in [0.25, 0.3) is 0 Å². The minimum absolute atomic E-state index is 0.164. The Morgan fingerprint density at radius 1 is 1.04 bits per heavy atom. The minimum Gasteiger partial charge on any atom is -0.355 e. The van der Waals surface area contributed by atoms with E-state index in [-0.39, 0.29) is 16.7 Å². The molecule has 1 heterocycles. The number of pyridine rings is 1. The molecule has 1 amide bonds. The van der Waals surface area contributed by atoms with Crippen molar-refractivity contribution >= 4 is 17.5 Å². The zero-order chi connectivity index (χ0) is 19.2. The molecule has 0 saturated heterocycles. The summed E-state index contributed by atoms with van der Waals surface area (Å²) in [6.07, 6.45) is 11.4. The maximum absolute atomic E-state index is 13.4. The van der Waals surface area contributed by atoms with Gasteiger partial charge in [-0.05, 0) is 97.6 Å². The third-order valence-corrected chi connectivity index (χ3v) is 7.70. The van der Waals surface area contributed by atoms with Gasteiger partial charge in [0.2, 0.25) is 5.91 Å². The van der Waals surface area contributed by atoms with Gasteiger partial charge in [-0.15, -0.1) is 0 Å². The van der Waals surface area contributed by atoms with Crippen LogP contribution in [-0.4, -0.2) is 17.4 Å². The lowest BCUT2D eigenvalue weighted by molar-refractivity contribution is -0.149. The fourth-order valence-electron chi connectivity index (χ4n) is 6.73. The van der Waals surface area contributed by atoms with Gasteiger partial charge in [0, 0.05) is 24.0 Å². The van der Waals surface area contributed by atoms with E-state index in [4.69, 9.17) is 11.6 Å². The van der Waals surface area contributed by atoms with Gasteiger partial charge in [0.1, 0.15) is 0 Å². The number of hydrogen-bond donors (Lipinski definition) is 1. The quantitative estimate of drug-likeness (QED) is 0.781. The van der Waals surface area contributed by atoms with Crippen LogP contribution in [0.5, 0.6) is 0 Å². The van der Waals surface area contributed by atoms with E-state index in [1.807, 2.05) is 36.7 Å². The van der Waals surface area contributed by atoms with Crippen LogP contribution in [0.3, 0.4) is 0 Å². The maximum Gasteiger partial charge on any atom is 0.226 e. The molecule has 4 fully saturated rings. The van der Waals surface area contributed by atoms with Gasteiger partial charge < -0.3 is 5.32 Å². The Balaban J connectivity index is 1.34. The highest BCUT2D eigenvalue weighted by molar-refractivity contribution is 6.30. The van der Waals surface area contributed by atoms with Gasteiger partial charge in [0.05, 0.1) is 5.41 Å². The third-order valence-electron chi connectivity index (χ3n) is 7.45. The molecule has 6 rings (SSSR count). The molecule has 4 bridgehead atoms. The summed E-state index contributed by atoms with van der Waals surface area (Å²) in [7, 11) is 0. The summed E-state index contributed by atoms with van der Waals surface area (Å²) < 4.78 is 0. The molecule has 146 valence electrons. The minimum atomic E-state index is -0.179. The van der Waals surface area contributed by atoms with E-state index in [2.05, 4.69) is 22.4 Å². The highest BCUT2D eigenvalue weighted by Gasteiger charge is 2.60. The van der Waals surface area contributed by atoms with Crippen LogP contribution in [0.4, 0.5) is 0 Å². The molecule has 0 aliphatic heterocycles. The number of hydrogen-bond acceptors (Lipinski definition) is 2. The van der Waals surface area contributed by atoms with Gasteiger partial charge in [-0.3, -0.25) is 9.78 Å². The van der Waals surface area contributed by atoms with E-state index < -0.39 is 0 Å². The number of aromatic nitrogens is 1. The molecule has 2 aromatic rings. The molecule has 1 aromatic heterocycles. The SMILES string of the molecule is O=C(NCCc1ccncc1)C12CC3CC(C1)CC(c1ccc(Cl)cc1)(C3)C2. The standard InChI is InChI=1S/C24H27ClN2O/c25-21-3-1-20(2-4-21)23-12-18-11-19(13-23)15-24(14-18,16-23)22(28)27-10-7-17-5-8-26-9-6-17/h1-6,8-9,18-19H,7,10-16H2,(H,27,28). The van der Waals surface area contributed by atoms with E-state index >= 15 is 0 Å². The van der Waals surface area contributed by atoms with Crippen molar-refractivity contribution in [2.45, 2.75) is 50.4 Å². The molecule has 4 saturated carbocycles. The third kappa shape index (κ3) is 3.14. The summed E-state index contributed by atoms with van der Waals surface area (Å²) in [6, 6.07) is 12.5. The molecule has 0 radical (unpaired) electrons. The number of carbonyl (C=O) groups is 1. The molecule has 1 aromatic carbocycles. The Bertz CT molecular complexity index is 850. The highest BCUT2D eigenvalue weighted by Crippen LogP contribution is 2.65. The number of amides is 1. The largest absolute Gasteiger partial charge is 0.355 e. The zero-order valence-corrected chi connectivity index (χ0v) is 16.9. The lowest BCUT2D eigenvalue weighted by atomic mass is 9.42. The lowest BCUT2D eigenvalue weighted by Gasteiger charge is -2.61. The Morgan fingerprint density at radius 2 is 1.71 bits per heavy atom. The fraction of sp³-hybridized carbons (Fsp3) is 0.500. The van der Waals surface area contributed by atoms with Crippen molar-refractivity contribution in [1.29, 1.82) is 0 Å². The van der Waals surface area contributed by atoms with Gasteiger partial charge in [-0.25, -0.2) is 0 Å². The highest BCUT2D eigenvalue weighted by atomic mass is 35.5. The van der Waals surface area contributed by atoms with Crippen molar-refractivity contribution in [2.75, 3.05) is 6.54 Å². The van der Waals surface area contributed by atoms with Crippen LogP contribution in [0.2, 0.25) is 5.02 Å². The summed E-state index contributed by atoms with van der Waals surface area (Å²) in [4.78, 5) is 17.4. The second-order valence-electron chi connectivity index (χ2n) is 9.39. The number of nitrogens with one attached hydrogen (secondary N) is 1. The fourth-order valence-corrected chi connectivity index (χ4v) is 6.85. The van der Waals surface area contributed by atoms with Crippen LogP contribution < -0.4 is 5.32 Å². The summed E-state index contributed by atoms with van der Waals surface area (Å²) in [5.74, 6) is 1.65. The number of halogens is 1. The smallest absolute Gasteiger partial charge is 0.226 e. The van der Waals surface area contributed by atoms with Crippen molar-refractivity contribution in [3.8, 4) is 0 Å². The van der Waals surface area contributed by atoms with E-state index in [0.717, 1.165) is 30.7 Å². The molecular weight excluding hydrogens is 368 g/mol. The number of benzene rings is 1. The summed E-state index contributed by atoms with van der Waals surface area (Å²) in [6.45, 7) is 0.702. The normalized spacial score (nSPS) is 33.0. The molecule has 0 spiro atoms. The predicted octanol–water partition coefficient (Wildman–Crippen LogP) is 4.93. The first-order chi connectivity index (χ1) is 13.6. The van der Waals surface area contributed by atoms with Gasteiger partial charge in [0.25, 0.3) is 0 Å². The molecule has 4 aliphatic carbocycles. The van der Waals surface area contributed by atoms with Crippen molar-refractivity contribution in [1.82, 2.24) is 10.3 Å².